The standard InChI is InChI=1S/C12H21N3O/c1-3-13-8-11-9-15(14-10(11)2)12-4-6-16-7-5-12/h9,12-13H,3-8H2,1-2H3. The Balaban J connectivity index is 2.03. The molecule has 1 aromatic heterocycles. The molecule has 0 spiro atoms. The Morgan fingerprint density at radius 1 is 1.50 bits per heavy atom. The minimum Gasteiger partial charge on any atom is -0.381 e. The SMILES string of the molecule is CCNCc1cn(C2CCOCC2)nc1C. The van der Waals surface area contributed by atoms with Crippen molar-refractivity contribution in [2.24, 2.45) is 0 Å². The van der Waals surface area contributed by atoms with Crippen LogP contribution >= 0.6 is 0 Å². The molecular weight excluding hydrogens is 202 g/mol. The Kier molecular flexibility index (Phi) is 3.96. The lowest BCUT2D eigenvalue weighted by Gasteiger charge is -2.22. The Morgan fingerprint density at radius 2 is 2.25 bits per heavy atom. The second-order valence-electron chi connectivity index (χ2n) is 4.34. The number of ether oxygens (including phenoxy) is 1. The fraction of sp³-hybridized carbons (Fsp3) is 0.750. The summed E-state index contributed by atoms with van der Waals surface area (Å²) in [5, 5.41) is 7.95. The van der Waals surface area contributed by atoms with Crippen LogP contribution in [0.4, 0.5) is 0 Å². The summed E-state index contributed by atoms with van der Waals surface area (Å²) in [5.41, 5.74) is 2.46. The van der Waals surface area contributed by atoms with Crippen molar-refractivity contribution in [3.63, 3.8) is 0 Å². The van der Waals surface area contributed by atoms with Gasteiger partial charge in [0.25, 0.3) is 0 Å². The number of aromatic nitrogens is 2. The van der Waals surface area contributed by atoms with Gasteiger partial charge in [-0.3, -0.25) is 4.68 Å². The molecule has 1 saturated heterocycles. The molecule has 0 bridgehead atoms. The van der Waals surface area contributed by atoms with Crippen LogP contribution in [0.15, 0.2) is 6.20 Å². The zero-order valence-electron chi connectivity index (χ0n) is 10.2. The van der Waals surface area contributed by atoms with Gasteiger partial charge in [0.2, 0.25) is 0 Å². The molecule has 0 radical (unpaired) electrons. The van der Waals surface area contributed by atoms with Gasteiger partial charge in [0, 0.05) is 31.5 Å². The van der Waals surface area contributed by atoms with Crippen LogP contribution in [-0.2, 0) is 11.3 Å². The van der Waals surface area contributed by atoms with Crippen LogP contribution < -0.4 is 5.32 Å². The van der Waals surface area contributed by atoms with Crippen molar-refractivity contribution in [2.75, 3.05) is 19.8 Å². The normalized spacial score (nSPS) is 17.9. The van der Waals surface area contributed by atoms with Crippen LogP contribution in [0.3, 0.4) is 0 Å². The van der Waals surface area contributed by atoms with Gasteiger partial charge < -0.3 is 10.1 Å². The summed E-state index contributed by atoms with van der Waals surface area (Å²) in [7, 11) is 0. The minimum absolute atomic E-state index is 0.530. The molecule has 4 heteroatoms. The molecule has 1 aliphatic rings. The van der Waals surface area contributed by atoms with E-state index in [1.165, 1.54) is 5.56 Å². The van der Waals surface area contributed by atoms with Crippen molar-refractivity contribution >= 4 is 0 Å². The molecule has 90 valence electrons. The summed E-state index contributed by atoms with van der Waals surface area (Å²) >= 11 is 0. The van der Waals surface area contributed by atoms with E-state index in [0.29, 0.717) is 6.04 Å². The maximum Gasteiger partial charge on any atom is 0.0638 e. The third kappa shape index (κ3) is 2.62. The van der Waals surface area contributed by atoms with E-state index in [4.69, 9.17) is 4.74 Å². The first-order valence-electron chi connectivity index (χ1n) is 6.14. The number of nitrogens with zero attached hydrogens (tertiary/aromatic N) is 2. The smallest absolute Gasteiger partial charge is 0.0638 e. The summed E-state index contributed by atoms with van der Waals surface area (Å²) in [6.45, 7) is 7.87. The van der Waals surface area contributed by atoms with Crippen molar-refractivity contribution in [3.8, 4) is 0 Å². The van der Waals surface area contributed by atoms with E-state index < -0.39 is 0 Å². The fourth-order valence-corrected chi connectivity index (χ4v) is 2.09. The molecule has 2 heterocycles. The quantitative estimate of drug-likeness (QED) is 0.843. The van der Waals surface area contributed by atoms with Gasteiger partial charge in [-0.15, -0.1) is 0 Å². The molecule has 0 amide bonds. The molecule has 1 aliphatic heterocycles. The van der Waals surface area contributed by atoms with Crippen LogP contribution in [0.25, 0.3) is 0 Å². The predicted molar refractivity (Wildman–Crippen MR) is 63.4 cm³/mol. The number of nitrogens with one attached hydrogen (secondary N) is 1. The van der Waals surface area contributed by atoms with Gasteiger partial charge in [-0.05, 0) is 26.3 Å². The highest BCUT2D eigenvalue weighted by Crippen LogP contribution is 2.21. The fourth-order valence-electron chi connectivity index (χ4n) is 2.09. The third-order valence-electron chi connectivity index (χ3n) is 3.15. The highest BCUT2D eigenvalue weighted by molar-refractivity contribution is 5.15. The number of rotatable bonds is 4. The Bertz CT molecular complexity index is 329. The van der Waals surface area contributed by atoms with E-state index in [1.807, 2.05) is 0 Å². The highest BCUT2D eigenvalue weighted by Gasteiger charge is 2.17. The van der Waals surface area contributed by atoms with Gasteiger partial charge in [-0.25, -0.2) is 0 Å². The largest absolute Gasteiger partial charge is 0.381 e. The molecule has 1 fully saturated rings. The zero-order chi connectivity index (χ0) is 11.4. The van der Waals surface area contributed by atoms with Gasteiger partial charge in [-0.2, -0.15) is 5.10 Å². The summed E-state index contributed by atoms with van der Waals surface area (Å²) in [5.74, 6) is 0. The Labute approximate surface area is 97.0 Å². The molecule has 0 aromatic carbocycles. The van der Waals surface area contributed by atoms with Crippen molar-refractivity contribution in [3.05, 3.63) is 17.5 Å². The van der Waals surface area contributed by atoms with Gasteiger partial charge in [0.15, 0.2) is 0 Å². The van der Waals surface area contributed by atoms with Crippen LogP contribution in [-0.4, -0.2) is 29.5 Å². The molecule has 1 aromatic rings. The van der Waals surface area contributed by atoms with Gasteiger partial charge in [0.1, 0.15) is 0 Å². The first-order valence-corrected chi connectivity index (χ1v) is 6.14. The van der Waals surface area contributed by atoms with E-state index in [0.717, 1.165) is 44.8 Å². The topological polar surface area (TPSA) is 39.1 Å². The van der Waals surface area contributed by atoms with Crippen LogP contribution in [0.1, 0.15) is 37.1 Å². The lowest BCUT2D eigenvalue weighted by molar-refractivity contribution is 0.0661. The van der Waals surface area contributed by atoms with E-state index in [1.54, 1.807) is 0 Å². The van der Waals surface area contributed by atoms with Crippen molar-refractivity contribution in [2.45, 2.75) is 39.3 Å². The lowest BCUT2D eigenvalue weighted by Crippen LogP contribution is -2.20. The second kappa shape index (κ2) is 5.46. The predicted octanol–water partition coefficient (Wildman–Crippen LogP) is 1.65. The Hall–Kier alpha value is -0.870. The number of hydrogen-bond acceptors (Lipinski definition) is 3. The van der Waals surface area contributed by atoms with E-state index in [9.17, 15) is 0 Å². The van der Waals surface area contributed by atoms with Crippen molar-refractivity contribution in [1.82, 2.24) is 15.1 Å². The van der Waals surface area contributed by atoms with Crippen LogP contribution in [0.2, 0.25) is 0 Å². The highest BCUT2D eigenvalue weighted by atomic mass is 16.5. The summed E-state index contributed by atoms with van der Waals surface area (Å²) in [4.78, 5) is 0. The van der Waals surface area contributed by atoms with Gasteiger partial charge >= 0.3 is 0 Å². The maximum atomic E-state index is 5.37. The van der Waals surface area contributed by atoms with Crippen LogP contribution in [0.5, 0.6) is 0 Å². The number of aryl methyl sites for hydroxylation is 1. The molecule has 4 nitrogen and oxygen atoms in total. The van der Waals surface area contributed by atoms with E-state index in [2.05, 4.69) is 35.1 Å². The minimum atomic E-state index is 0.530. The van der Waals surface area contributed by atoms with Gasteiger partial charge in [0.05, 0.1) is 11.7 Å². The average Bonchev–Trinajstić information content (AvgIpc) is 2.69. The molecule has 0 unspecified atom stereocenters. The van der Waals surface area contributed by atoms with E-state index >= 15 is 0 Å². The van der Waals surface area contributed by atoms with Crippen molar-refractivity contribution in [1.29, 1.82) is 0 Å². The van der Waals surface area contributed by atoms with Crippen molar-refractivity contribution < 1.29 is 4.74 Å². The molecule has 0 aliphatic carbocycles. The molecule has 2 rings (SSSR count). The maximum absolute atomic E-state index is 5.37. The second-order valence-corrected chi connectivity index (χ2v) is 4.34. The first-order chi connectivity index (χ1) is 7.81. The zero-order valence-corrected chi connectivity index (χ0v) is 10.2. The number of hydrogen-bond donors (Lipinski definition) is 1. The summed E-state index contributed by atoms with van der Waals surface area (Å²) < 4.78 is 7.50. The molecule has 16 heavy (non-hydrogen) atoms. The molecular formula is C12H21N3O. The summed E-state index contributed by atoms with van der Waals surface area (Å²) in [6, 6.07) is 0.530. The average molecular weight is 223 g/mol. The molecule has 0 saturated carbocycles. The lowest BCUT2D eigenvalue weighted by atomic mass is 10.1. The summed E-state index contributed by atoms with van der Waals surface area (Å²) in [6.07, 6.45) is 4.36. The first kappa shape index (κ1) is 11.6. The molecule has 0 atom stereocenters. The van der Waals surface area contributed by atoms with Gasteiger partial charge in [-0.1, -0.05) is 6.92 Å². The Morgan fingerprint density at radius 3 is 2.94 bits per heavy atom. The van der Waals surface area contributed by atoms with Crippen LogP contribution in [0, 0.1) is 6.92 Å². The molecule has 1 N–H and O–H groups in total. The monoisotopic (exact) mass is 223 g/mol. The third-order valence-corrected chi connectivity index (χ3v) is 3.15. The van der Waals surface area contributed by atoms with E-state index in [-0.39, 0.29) is 0 Å².